The molecule has 0 unspecified atom stereocenters. The number of carbonyl (C=O) groups excluding carboxylic acids is 1. The summed E-state index contributed by atoms with van der Waals surface area (Å²) in [6, 6.07) is 1.46. The lowest BCUT2D eigenvalue weighted by molar-refractivity contribution is 0.100. The molecular formula is C8H12N4O. The van der Waals surface area contributed by atoms with Crippen LogP contribution in [0.1, 0.15) is 17.3 Å². The molecule has 0 saturated heterocycles. The van der Waals surface area contributed by atoms with Crippen LogP contribution in [-0.4, -0.2) is 17.4 Å². The van der Waals surface area contributed by atoms with Crippen LogP contribution in [0.5, 0.6) is 0 Å². The zero-order valence-corrected chi connectivity index (χ0v) is 7.37. The van der Waals surface area contributed by atoms with E-state index in [0.29, 0.717) is 17.8 Å². The van der Waals surface area contributed by atoms with Gasteiger partial charge in [-0.15, -0.1) is 0 Å². The van der Waals surface area contributed by atoms with Crippen molar-refractivity contribution >= 4 is 17.4 Å². The van der Waals surface area contributed by atoms with Crippen molar-refractivity contribution in [3.8, 4) is 0 Å². The predicted molar refractivity (Wildman–Crippen MR) is 51.3 cm³/mol. The van der Waals surface area contributed by atoms with Crippen molar-refractivity contribution in [3.63, 3.8) is 0 Å². The second-order valence-corrected chi connectivity index (χ2v) is 2.55. The van der Waals surface area contributed by atoms with Crippen LogP contribution in [-0.2, 0) is 0 Å². The van der Waals surface area contributed by atoms with Crippen LogP contribution in [0.2, 0.25) is 0 Å². The number of pyridine rings is 1. The van der Waals surface area contributed by atoms with E-state index in [1.54, 1.807) is 0 Å². The lowest BCUT2D eigenvalue weighted by Gasteiger charge is -2.07. The number of nitrogens with zero attached hydrogens (tertiary/aromatic N) is 1. The zero-order chi connectivity index (χ0) is 9.84. The lowest BCUT2D eigenvalue weighted by atomic mass is 10.2. The number of amides is 1. The SMILES string of the molecule is CCNc1cnc(N)cc1C(N)=O. The van der Waals surface area contributed by atoms with E-state index < -0.39 is 5.91 Å². The molecule has 0 fully saturated rings. The Morgan fingerprint density at radius 3 is 2.92 bits per heavy atom. The van der Waals surface area contributed by atoms with Crippen molar-refractivity contribution < 1.29 is 4.79 Å². The van der Waals surface area contributed by atoms with Gasteiger partial charge >= 0.3 is 0 Å². The van der Waals surface area contributed by atoms with Gasteiger partial charge < -0.3 is 16.8 Å². The second kappa shape index (κ2) is 3.75. The summed E-state index contributed by atoms with van der Waals surface area (Å²) in [5, 5.41) is 2.97. The first-order valence-corrected chi connectivity index (χ1v) is 3.94. The van der Waals surface area contributed by atoms with Crippen LogP contribution in [0, 0.1) is 0 Å². The summed E-state index contributed by atoms with van der Waals surface area (Å²) >= 11 is 0. The third kappa shape index (κ3) is 2.08. The molecule has 0 atom stereocenters. The number of anilines is 2. The summed E-state index contributed by atoms with van der Waals surface area (Å²) in [4.78, 5) is 14.8. The highest BCUT2D eigenvalue weighted by Gasteiger charge is 2.07. The van der Waals surface area contributed by atoms with Gasteiger partial charge in [0.15, 0.2) is 0 Å². The van der Waals surface area contributed by atoms with Gasteiger partial charge in [-0.3, -0.25) is 4.79 Å². The third-order valence-corrected chi connectivity index (χ3v) is 1.56. The summed E-state index contributed by atoms with van der Waals surface area (Å²) in [6.45, 7) is 2.62. The molecular weight excluding hydrogens is 168 g/mol. The fraction of sp³-hybridized carbons (Fsp3) is 0.250. The number of rotatable bonds is 3. The number of nitrogen functional groups attached to an aromatic ring is 1. The van der Waals surface area contributed by atoms with Crippen LogP contribution < -0.4 is 16.8 Å². The van der Waals surface area contributed by atoms with Crippen molar-refractivity contribution in [1.82, 2.24) is 4.98 Å². The summed E-state index contributed by atoms with van der Waals surface area (Å²) in [6.07, 6.45) is 1.50. The van der Waals surface area contributed by atoms with E-state index in [9.17, 15) is 4.79 Å². The first kappa shape index (κ1) is 9.31. The minimum Gasteiger partial charge on any atom is -0.384 e. The fourth-order valence-corrected chi connectivity index (χ4v) is 1.01. The monoisotopic (exact) mass is 180 g/mol. The van der Waals surface area contributed by atoms with Crippen LogP contribution >= 0.6 is 0 Å². The molecule has 0 bridgehead atoms. The van der Waals surface area contributed by atoms with Crippen molar-refractivity contribution in [3.05, 3.63) is 17.8 Å². The maximum absolute atomic E-state index is 10.9. The van der Waals surface area contributed by atoms with E-state index >= 15 is 0 Å². The number of hydrogen-bond acceptors (Lipinski definition) is 4. The topological polar surface area (TPSA) is 94.0 Å². The Morgan fingerprint density at radius 2 is 2.38 bits per heavy atom. The summed E-state index contributed by atoms with van der Waals surface area (Å²) in [5.74, 6) is -0.222. The molecule has 0 aliphatic rings. The third-order valence-electron chi connectivity index (χ3n) is 1.56. The van der Waals surface area contributed by atoms with Crippen molar-refractivity contribution in [2.24, 2.45) is 5.73 Å². The molecule has 0 aliphatic heterocycles. The van der Waals surface area contributed by atoms with Gasteiger partial charge in [0.1, 0.15) is 5.82 Å². The van der Waals surface area contributed by atoms with Gasteiger partial charge in [0.05, 0.1) is 17.4 Å². The molecule has 1 rings (SSSR count). The summed E-state index contributed by atoms with van der Waals surface area (Å²) in [7, 11) is 0. The minimum atomic E-state index is -0.509. The molecule has 5 nitrogen and oxygen atoms in total. The minimum absolute atomic E-state index is 0.287. The average Bonchev–Trinajstić information content (AvgIpc) is 2.08. The molecule has 1 aromatic heterocycles. The van der Waals surface area contributed by atoms with Crippen LogP contribution in [0.15, 0.2) is 12.3 Å². The molecule has 5 heteroatoms. The number of carbonyl (C=O) groups is 1. The molecule has 0 spiro atoms. The second-order valence-electron chi connectivity index (χ2n) is 2.55. The zero-order valence-electron chi connectivity index (χ0n) is 7.37. The van der Waals surface area contributed by atoms with Crippen molar-refractivity contribution in [1.29, 1.82) is 0 Å². The number of aromatic nitrogens is 1. The molecule has 1 aromatic rings. The van der Waals surface area contributed by atoms with Crippen molar-refractivity contribution in [2.45, 2.75) is 6.92 Å². The predicted octanol–water partition coefficient (Wildman–Crippen LogP) is 0.194. The molecule has 0 aliphatic carbocycles. The van der Waals surface area contributed by atoms with E-state index in [1.807, 2.05) is 6.92 Å². The maximum atomic E-state index is 10.9. The van der Waals surface area contributed by atoms with Crippen molar-refractivity contribution in [2.75, 3.05) is 17.6 Å². The highest BCUT2D eigenvalue weighted by atomic mass is 16.1. The number of primary amides is 1. The summed E-state index contributed by atoms with van der Waals surface area (Å²) < 4.78 is 0. The Bertz CT molecular complexity index is 324. The number of hydrogen-bond donors (Lipinski definition) is 3. The Labute approximate surface area is 76.1 Å². The molecule has 70 valence electrons. The molecule has 0 aromatic carbocycles. The Balaban J connectivity index is 3.10. The largest absolute Gasteiger partial charge is 0.384 e. The molecule has 13 heavy (non-hydrogen) atoms. The molecule has 1 heterocycles. The normalized spacial score (nSPS) is 9.62. The molecule has 5 N–H and O–H groups in total. The Morgan fingerprint density at radius 1 is 1.69 bits per heavy atom. The molecule has 0 saturated carbocycles. The highest BCUT2D eigenvalue weighted by Crippen LogP contribution is 2.15. The standard InChI is InChI=1S/C8H12N4O/c1-2-11-6-4-12-7(9)3-5(6)8(10)13/h3-4,11H,2H2,1H3,(H2,9,12)(H2,10,13). The fourth-order valence-electron chi connectivity index (χ4n) is 1.01. The van der Waals surface area contributed by atoms with Gasteiger partial charge in [-0.1, -0.05) is 0 Å². The average molecular weight is 180 g/mol. The number of nitrogens with one attached hydrogen (secondary N) is 1. The Hall–Kier alpha value is -1.78. The van der Waals surface area contributed by atoms with Gasteiger partial charge in [-0.2, -0.15) is 0 Å². The van der Waals surface area contributed by atoms with Gasteiger partial charge in [0.25, 0.3) is 5.91 Å². The lowest BCUT2D eigenvalue weighted by Crippen LogP contribution is -2.15. The van der Waals surface area contributed by atoms with Gasteiger partial charge in [-0.25, -0.2) is 4.98 Å². The van der Waals surface area contributed by atoms with Crippen LogP contribution in [0.4, 0.5) is 11.5 Å². The first-order chi connectivity index (χ1) is 6.15. The van der Waals surface area contributed by atoms with Gasteiger partial charge in [-0.05, 0) is 13.0 Å². The molecule has 1 amide bonds. The van der Waals surface area contributed by atoms with Gasteiger partial charge in [0.2, 0.25) is 0 Å². The Kier molecular flexibility index (Phi) is 2.69. The summed E-state index contributed by atoms with van der Waals surface area (Å²) in [5.41, 5.74) is 11.6. The van der Waals surface area contributed by atoms with E-state index in [-0.39, 0.29) is 5.82 Å². The smallest absolute Gasteiger partial charge is 0.250 e. The highest BCUT2D eigenvalue weighted by molar-refractivity contribution is 5.98. The van der Waals surface area contributed by atoms with E-state index in [1.165, 1.54) is 12.3 Å². The van der Waals surface area contributed by atoms with E-state index in [0.717, 1.165) is 0 Å². The maximum Gasteiger partial charge on any atom is 0.250 e. The van der Waals surface area contributed by atoms with E-state index in [2.05, 4.69) is 10.3 Å². The van der Waals surface area contributed by atoms with Gasteiger partial charge in [0, 0.05) is 6.54 Å². The quantitative estimate of drug-likeness (QED) is 0.619. The first-order valence-electron chi connectivity index (χ1n) is 3.94. The number of nitrogens with two attached hydrogens (primary N) is 2. The van der Waals surface area contributed by atoms with E-state index in [4.69, 9.17) is 11.5 Å². The molecule has 0 radical (unpaired) electrons. The van der Waals surface area contributed by atoms with Crippen LogP contribution in [0.25, 0.3) is 0 Å². The van der Waals surface area contributed by atoms with Crippen LogP contribution in [0.3, 0.4) is 0 Å².